The predicted molar refractivity (Wildman–Crippen MR) is 82.0 cm³/mol. The molecular weight excluding hydrogens is 294 g/mol. The number of aromatic nitrogens is 2. The zero-order chi connectivity index (χ0) is 14.5. The Morgan fingerprint density at radius 2 is 2.05 bits per heavy atom. The number of nitrogens with two attached hydrogens (primary N) is 1. The molecular formula is C14H18ClN3OS. The second-order valence-electron chi connectivity index (χ2n) is 4.65. The molecule has 20 heavy (non-hydrogen) atoms. The Bertz CT molecular complexity index is 544. The second-order valence-corrected chi connectivity index (χ2v) is 6.14. The largest absolute Gasteiger partial charge is 0.339 e. The van der Waals surface area contributed by atoms with Gasteiger partial charge in [0.25, 0.3) is 0 Å². The van der Waals surface area contributed by atoms with Crippen molar-refractivity contribution >= 4 is 23.4 Å². The Morgan fingerprint density at radius 1 is 1.35 bits per heavy atom. The van der Waals surface area contributed by atoms with E-state index in [9.17, 15) is 0 Å². The number of halogens is 1. The predicted octanol–water partition coefficient (Wildman–Crippen LogP) is 3.86. The van der Waals surface area contributed by atoms with Crippen molar-refractivity contribution in [2.24, 2.45) is 5.73 Å². The van der Waals surface area contributed by atoms with Crippen molar-refractivity contribution in [2.45, 2.75) is 42.9 Å². The van der Waals surface area contributed by atoms with Crippen LogP contribution in [0.5, 0.6) is 0 Å². The van der Waals surface area contributed by atoms with Crippen LogP contribution in [-0.4, -0.2) is 16.2 Å². The van der Waals surface area contributed by atoms with Crippen molar-refractivity contribution in [1.29, 1.82) is 0 Å². The summed E-state index contributed by atoms with van der Waals surface area (Å²) in [6.45, 7) is 4.06. The first-order chi connectivity index (χ1) is 9.60. The van der Waals surface area contributed by atoms with Crippen LogP contribution in [0, 0.1) is 0 Å². The lowest BCUT2D eigenvalue weighted by Gasteiger charge is -2.13. The zero-order valence-electron chi connectivity index (χ0n) is 11.5. The Morgan fingerprint density at radius 3 is 2.70 bits per heavy atom. The lowest BCUT2D eigenvalue weighted by Crippen LogP contribution is -2.25. The Kier molecular flexibility index (Phi) is 5.46. The van der Waals surface area contributed by atoms with Gasteiger partial charge in [0.05, 0.1) is 11.7 Å². The van der Waals surface area contributed by atoms with Crippen LogP contribution in [0.3, 0.4) is 0 Å². The normalized spacial score (nSPS) is 14.2. The fourth-order valence-corrected chi connectivity index (χ4v) is 2.59. The highest BCUT2D eigenvalue weighted by Gasteiger charge is 2.19. The second kappa shape index (κ2) is 7.11. The summed E-state index contributed by atoms with van der Waals surface area (Å²) in [5.41, 5.74) is 5.99. The smallest absolute Gasteiger partial charge is 0.231 e. The minimum absolute atomic E-state index is 0.0484. The molecule has 0 amide bonds. The Labute approximate surface area is 128 Å². The highest BCUT2D eigenvalue weighted by molar-refractivity contribution is 7.98. The summed E-state index contributed by atoms with van der Waals surface area (Å²) in [5, 5.41) is 4.73. The molecule has 2 N–H and O–H groups in total. The Hall–Kier alpha value is -1.04. The molecule has 0 aliphatic carbocycles. The third kappa shape index (κ3) is 3.98. The minimum Gasteiger partial charge on any atom is -0.339 e. The topological polar surface area (TPSA) is 64.9 Å². The molecule has 4 nitrogen and oxygen atoms in total. The van der Waals surface area contributed by atoms with E-state index in [0.29, 0.717) is 17.5 Å². The van der Waals surface area contributed by atoms with Crippen LogP contribution in [0.2, 0.25) is 5.02 Å². The van der Waals surface area contributed by atoms with Gasteiger partial charge in [-0.15, -0.1) is 11.8 Å². The van der Waals surface area contributed by atoms with E-state index in [1.165, 1.54) is 0 Å². The van der Waals surface area contributed by atoms with Crippen LogP contribution >= 0.6 is 23.4 Å². The van der Waals surface area contributed by atoms with Crippen molar-refractivity contribution in [3.05, 3.63) is 41.0 Å². The fraction of sp³-hybridized carbons (Fsp3) is 0.429. The SMILES string of the molecule is CCC(N)C(C)c1nc(CSc2ccc(Cl)cc2)no1. The molecule has 2 aromatic rings. The molecule has 108 valence electrons. The van der Waals surface area contributed by atoms with Gasteiger partial charge >= 0.3 is 0 Å². The standard InChI is InChI=1S/C14H18ClN3OS/c1-3-12(16)9(2)14-17-13(18-19-14)8-20-11-6-4-10(15)5-7-11/h4-7,9,12H,3,8,16H2,1-2H3. The summed E-state index contributed by atoms with van der Waals surface area (Å²) in [6.07, 6.45) is 0.887. The van der Waals surface area contributed by atoms with E-state index < -0.39 is 0 Å². The van der Waals surface area contributed by atoms with Gasteiger partial charge in [0.1, 0.15) is 0 Å². The van der Waals surface area contributed by atoms with Gasteiger partial charge in [-0.1, -0.05) is 30.6 Å². The van der Waals surface area contributed by atoms with Crippen molar-refractivity contribution < 1.29 is 4.52 Å². The van der Waals surface area contributed by atoms with Crippen LogP contribution in [0.15, 0.2) is 33.7 Å². The molecule has 0 radical (unpaired) electrons. The van der Waals surface area contributed by atoms with Gasteiger partial charge in [0.15, 0.2) is 5.82 Å². The maximum Gasteiger partial charge on any atom is 0.231 e. The van der Waals surface area contributed by atoms with Gasteiger partial charge in [-0.25, -0.2) is 0 Å². The molecule has 1 aromatic heterocycles. The summed E-state index contributed by atoms with van der Waals surface area (Å²) in [4.78, 5) is 5.53. The number of hydrogen-bond acceptors (Lipinski definition) is 5. The number of nitrogens with zero attached hydrogens (tertiary/aromatic N) is 2. The summed E-state index contributed by atoms with van der Waals surface area (Å²) in [5.74, 6) is 2.06. The third-order valence-electron chi connectivity index (χ3n) is 3.17. The van der Waals surface area contributed by atoms with Gasteiger partial charge in [-0.3, -0.25) is 0 Å². The summed E-state index contributed by atoms with van der Waals surface area (Å²) >= 11 is 7.50. The van der Waals surface area contributed by atoms with E-state index >= 15 is 0 Å². The van der Waals surface area contributed by atoms with Gasteiger partial charge in [-0.2, -0.15) is 4.98 Å². The van der Waals surface area contributed by atoms with Crippen LogP contribution in [0.25, 0.3) is 0 Å². The first kappa shape index (κ1) is 15.4. The Balaban J connectivity index is 1.94. The number of thioether (sulfide) groups is 1. The minimum atomic E-state index is 0.0484. The maximum absolute atomic E-state index is 5.99. The van der Waals surface area contributed by atoms with E-state index in [-0.39, 0.29) is 12.0 Å². The third-order valence-corrected chi connectivity index (χ3v) is 4.43. The highest BCUT2D eigenvalue weighted by Crippen LogP contribution is 2.24. The van der Waals surface area contributed by atoms with Crippen molar-refractivity contribution in [1.82, 2.24) is 10.1 Å². The first-order valence-electron chi connectivity index (χ1n) is 6.56. The number of hydrogen-bond donors (Lipinski definition) is 1. The molecule has 6 heteroatoms. The molecule has 0 saturated carbocycles. The van der Waals surface area contributed by atoms with E-state index in [1.807, 2.05) is 31.2 Å². The summed E-state index contributed by atoms with van der Waals surface area (Å²) in [7, 11) is 0. The average Bonchev–Trinajstić information content (AvgIpc) is 2.94. The number of benzene rings is 1. The van der Waals surface area contributed by atoms with Crippen LogP contribution in [-0.2, 0) is 5.75 Å². The van der Waals surface area contributed by atoms with E-state index in [2.05, 4.69) is 17.1 Å². The monoisotopic (exact) mass is 311 g/mol. The highest BCUT2D eigenvalue weighted by atomic mass is 35.5. The molecule has 0 aliphatic rings. The van der Waals surface area contributed by atoms with Crippen molar-refractivity contribution in [2.75, 3.05) is 0 Å². The molecule has 0 bridgehead atoms. The summed E-state index contributed by atoms with van der Waals surface area (Å²) in [6, 6.07) is 7.74. The molecule has 2 unspecified atom stereocenters. The van der Waals surface area contributed by atoms with Gasteiger partial charge in [0.2, 0.25) is 5.89 Å². The maximum atomic E-state index is 5.99. The average molecular weight is 312 g/mol. The number of rotatable bonds is 6. The molecule has 2 atom stereocenters. The molecule has 0 fully saturated rings. The van der Waals surface area contributed by atoms with Crippen LogP contribution in [0.1, 0.15) is 37.9 Å². The molecule has 2 rings (SSSR count). The quantitative estimate of drug-likeness (QED) is 0.821. The van der Waals surface area contributed by atoms with Gasteiger partial charge in [-0.05, 0) is 30.7 Å². The molecule has 0 spiro atoms. The van der Waals surface area contributed by atoms with Crippen LogP contribution in [0.4, 0.5) is 0 Å². The van der Waals surface area contributed by atoms with Gasteiger partial charge < -0.3 is 10.3 Å². The van der Waals surface area contributed by atoms with Crippen LogP contribution < -0.4 is 5.73 Å². The molecule has 1 heterocycles. The summed E-state index contributed by atoms with van der Waals surface area (Å²) < 4.78 is 5.28. The van der Waals surface area contributed by atoms with E-state index in [1.54, 1.807) is 11.8 Å². The van der Waals surface area contributed by atoms with Crippen molar-refractivity contribution in [3.63, 3.8) is 0 Å². The molecule has 1 aromatic carbocycles. The van der Waals surface area contributed by atoms with Crippen molar-refractivity contribution in [3.8, 4) is 0 Å². The lowest BCUT2D eigenvalue weighted by atomic mass is 10.0. The fourth-order valence-electron chi connectivity index (χ4n) is 1.73. The van der Waals surface area contributed by atoms with Gasteiger partial charge in [0, 0.05) is 16.0 Å². The lowest BCUT2D eigenvalue weighted by molar-refractivity contribution is 0.337. The molecule has 0 saturated heterocycles. The first-order valence-corrected chi connectivity index (χ1v) is 7.93. The zero-order valence-corrected chi connectivity index (χ0v) is 13.1. The molecule has 0 aliphatic heterocycles. The van der Waals surface area contributed by atoms with E-state index in [4.69, 9.17) is 21.9 Å². The van der Waals surface area contributed by atoms with E-state index in [0.717, 1.165) is 16.3 Å².